The van der Waals surface area contributed by atoms with Crippen LogP contribution < -0.4 is 0 Å². The van der Waals surface area contributed by atoms with Gasteiger partial charge in [0.1, 0.15) is 0 Å². The first-order valence-corrected chi connectivity index (χ1v) is 4.24. The normalized spacial score (nSPS) is 13.8. The Morgan fingerprint density at radius 2 is 2.30 bits per heavy atom. The van der Waals surface area contributed by atoms with E-state index in [1.54, 1.807) is 6.92 Å². The monoisotopic (exact) mass is 206 g/mol. The third-order valence-electron chi connectivity index (χ3n) is 1.17. The second-order valence-electron chi connectivity index (χ2n) is 2.10. The van der Waals surface area contributed by atoms with Crippen molar-refractivity contribution in [3.8, 4) is 0 Å². The lowest BCUT2D eigenvalue weighted by molar-refractivity contribution is -0.140. The molecule has 0 aliphatic rings. The number of carbonyl (C=O) groups is 1. The van der Waals surface area contributed by atoms with E-state index in [1.165, 1.54) is 0 Å². The third-order valence-corrected chi connectivity index (χ3v) is 1.54. The van der Waals surface area contributed by atoms with E-state index in [4.69, 9.17) is 5.11 Å². The number of alkyl halides is 1. The van der Waals surface area contributed by atoms with E-state index in [0.717, 1.165) is 5.33 Å². The highest BCUT2D eigenvalue weighted by Gasteiger charge is 2.06. The summed E-state index contributed by atoms with van der Waals surface area (Å²) in [6, 6.07) is 0. The molecule has 0 aromatic carbocycles. The summed E-state index contributed by atoms with van der Waals surface area (Å²) in [4.78, 5) is 10.2. The summed E-state index contributed by atoms with van der Waals surface area (Å²) in [6.07, 6.45) is 4.38. The topological polar surface area (TPSA) is 37.3 Å². The van der Waals surface area contributed by atoms with Crippen LogP contribution in [0.1, 0.15) is 13.3 Å². The van der Waals surface area contributed by atoms with E-state index >= 15 is 0 Å². The predicted octanol–water partition coefficient (Wildman–Crippen LogP) is 2.05. The van der Waals surface area contributed by atoms with Gasteiger partial charge in [-0.1, -0.05) is 35.0 Å². The van der Waals surface area contributed by atoms with Crippen LogP contribution in [0.15, 0.2) is 12.2 Å². The second kappa shape index (κ2) is 5.47. The molecule has 0 aromatic heterocycles. The second-order valence-corrected chi connectivity index (χ2v) is 2.75. The molecule has 0 rings (SSSR count). The molecule has 1 unspecified atom stereocenters. The van der Waals surface area contributed by atoms with Gasteiger partial charge in [-0.3, -0.25) is 4.79 Å². The van der Waals surface area contributed by atoms with Gasteiger partial charge in [0, 0.05) is 5.33 Å². The van der Waals surface area contributed by atoms with Crippen LogP contribution >= 0.6 is 15.9 Å². The van der Waals surface area contributed by atoms with Crippen molar-refractivity contribution >= 4 is 21.9 Å². The first kappa shape index (κ1) is 9.69. The van der Waals surface area contributed by atoms with Gasteiger partial charge in [0.05, 0.1) is 5.92 Å². The number of hydrogen-bond acceptors (Lipinski definition) is 1. The molecule has 0 aliphatic heterocycles. The van der Waals surface area contributed by atoms with Gasteiger partial charge in [0.25, 0.3) is 0 Å². The van der Waals surface area contributed by atoms with Gasteiger partial charge < -0.3 is 5.11 Å². The molecular formula is C7H11BrO2. The molecule has 0 saturated carbocycles. The summed E-state index contributed by atoms with van der Waals surface area (Å²) < 4.78 is 0. The zero-order valence-corrected chi connectivity index (χ0v) is 7.47. The smallest absolute Gasteiger partial charge is 0.306 e. The van der Waals surface area contributed by atoms with Gasteiger partial charge in [-0.25, -0.2) is 0 Å². The maximum atomic E-state index is 10.2. The SMILES string of the molecule is CC(C/C=C/CBr)C(=O)O. The molecule has 3 heteroatoms. The first-order valence-electron chi connectivity index (χ1n) is 3.12. The van der Waals surface area contributed by atoms with E-state index in [0.29, 0.717) is 6.42 Å². The Hall–Kier alpha value is -0.310. The van der Waals surface area contributed by atoms with E-state index in [2.05, 4.69) is 15.9 Å². The van der Waals surface area contributed by atoms with Gasteiger partial charge in [-0.2, -0.15) is 0 Å². The van der Waals surface area contributed by atoms with E-state index in [-0.39, 0.29) is 5.92 Å². The molecule has 1 N–H and O–H groups in total. The Morgan fingerprint density at radius 1 is 1.70 bits per heavy atom. The van der Waals surface area contributed by atoms with Crippen molar-refractivity contribution in [3.05, 3.63) is 12.2 Å². The quantitative estimate of drug-likeness (QED) is 0.565. The minimum atomic E-state index is -0.737. The standard InChI is InChI=1S/C7H11BrO2/c1-6(7(9)10)4-2-3-5-8/h2-3,6H,4-5H2,1H3,(H,9,10)/b3-2+. The average molecular weight is 207 g/mol. The maximum absolute atomic E-state index is 10.2. The van der Waals surface area contributed by atoms with Gasteiger partial charge in [0.2, 0.25) is 0 Å². The number of allylic oxidation sites excluding steroid dienone is 2. The number of halogens is 1. The Labute approximate surface area is 69.1 Å². The highest BCUT2D eigenvalue weighted by molar-refractivity contribution is 9.09. The number of hydrogen-bond donors (Lipinski definition) is 1. The number of carboxylic acid groups (broad SMARTS) is 1. The Kier molecular flexibility index (Phi) is 5.30. The van der Waals surface area contributed by atoms with Crippen molar-refractivity contribution in [2.24, 2.45) is 5.92 Å². The van der Waals surface area contributed by atoms with Crippen LogP contribution in [-0.4, -0.2) is 16.4 Å². The predicted molar refractivity (Wildman–Crippen MR) is 44.4 cm³/mol. The van der Waals surface area contributed by atoms with E-state index < -0.39 is 5.97 Å². The zero-order valence-electron chi connectivity index (χ0n) is 5.88. The molecule has 0 spiro atoms. The average Bonchev–Trinajstić information content (AvgIpc) is 1.88. The minimum absolute atomic E-state index is 0.268. The zero-order chi connectivity index (χ0) is 7.98. The van der Waals surface area contributed by atoms with Crippen LogP contribution in [0.4, 0.5) is 0 Å². The lowest BCUT2D eigenvalue weighted by Crippen LogP contribution is -2.07. The van der Waals surface area contributed by atoms with E-state index in [1.807, 2.05) is 12.2 Å². The van der Waals surface area contributed by atoms with Crippen molar-refractivity contribution in [1.82, 2.24) is 0 Å². The highest BCUT2D eigenvalue weighted by Crippen LogP contribution is 2.02. The lowest BCUT2D eigenvalue weighted by Gasteiger charge is -1.98. The Morgan fingerprint density at radius 3 is 2.70 bits per heavy atom. The fraction of sp³-hybridized carbons (Fsp3) is 0.571. The van der Waals surface area contributed by atoms with Crippen molar-refractivity contribution in [2.45, 2.75) is 13.3 Å². The summed E-state index contributed by atoms with van der Waals surface area (Å²) in [7, 11) is 0. The van der Waals surface area contributed by atoms with Crippen LogP contribution in [-0.2, 0) is 4.79 Å². The number of carboxylic acids is 1. The van der Waals surface area contributed by atoms with Gasteiger partial charge in [-0.15, -0.1) is 0 Å². The molecule has 2 nitrogen and oxygen atoms in total. The molecule has 58 valence electrons. The third kappa shape index (κ3) is 4.56. The van der Waals surface area contributed by atoms with Crippen LogP contribution in [0.25, 0.3) is 0 Å². The summed E-state index contributed by atoms with van der Waals surface area (Å²) in [5, 5.41) is 9.23. The van der Waals surface area contributed by atoms with Crippen LogP contribution in [0, 0.1) is 5.92 Å². The van der Waals surface area contributed by atoms with Crippen molar-refractivity contribution < 1.29 is 9.90 Å². The summed E-state index contributed by atoms with van der Waals surface area (Å²) in [5.74, 6) is -1.01. The van der Waals surface area contributed by atoms with Crippen molar-refractivity contribution in [2.75, 3.05) is 5.33 Å². The molecule has 0 saturated heterocycles. The Bertz CT molecular complexity index is 132. The molecular weight excluding hydrogens is 196 g/mol. The molecule has 0 aromatic rings. The summed E-state index contributed by atoms with van der Waals surface area (Å²) in [6.45, 7) is 1.70. The lowest BCUT2D eigenvalue weighted by atomic mass is 10.1. The molecule has 0 amide bonds. The van der Waals surface area contributed by atoms with E-state index in [9.17, 15) is 4.79 Å². The highest BCUT2D eigenvalue weighted by atomic mass is 79.9. The van der Waals surface area contributed by atoms with Gasteiger partial charge >= 0.3 is 5.97 Å². The van der Waals surface area contributed by atoms with Crippen molar-refractivity contribution in [1.29, 1.82) is 0 Å². The van der Waals surface area contributed by atoms with Crippen LogP contribution in [0.5, 0.6) is 0 Å². The fourth-order valence-corrected chi connectivity index (χ4v) is 0.728. The van der Waals surface area contributed by atoms with Crippen LogP contribution in [0.2, 0.25) is 0 Å². The molecule has 0 bridgehead atoms. The number of aliphatic carboxylic acids is 1. The molecule has 1 atom stereocenters. The molecule has 0 fully saturated rings. The summed E-state index contributed by atoms with van der Waals surface area (Å²) in [5.41, 5.74) is 0. The molecule has 10 heavy (non-hydrogen) atoms. The van der Waals surface area contributed by atoms with Crippen LogP contribution in [0.3, 0.4) is 0 Å². The fourth-order valence-electron chi connectivity index (χ4n) is 0.464. The van der Waals surface area contributed by atoms with Crippen molar-refractivity contribution in [3.63, 3.8) is 0 Å². The molecule has 0 heterocycles. The summed E-state index contributed by atoms with van der Waals surface area (Å²) >= 11 is 3.20. The molecule has 0 radical (unpaired) electrons. The molecule has 0 aliphatic carbocycles. The van der Waals surface area contributed by atoms with Gasteiger partial charge in [0.15, 0.2) is 0 Å². The van der Waals surface area contributed by atoms with Gasteiger partial charge in [-0.05, 0) is 6.42 Å². The Balaban J connectivity index is 3.48. The first-order chi connectivity index (χ1) is 4.68. The minimum Gasteiger partial charge on any atom is -0.481 e. The largest absolute Gasteiger partial charge is 0.481 e. The number of rotatable bonds is 4. The maximum Gasteiger partial charge on any atom is 0.306 e.